The Balaban J connectivity index is 1.78. The van der Waals surface area contributed by atoms with Crippen LogP contribution in [0.2, 0.25) is 0 Å². The number of hydrogen-bond acceptors (Lipinski definition) is 3. The molecule has 0 saturated heterocycles. The first kappa shape index (κ1) is 15.6. The number of amides is 1. The second-order valence-electron chi connectivity index (χ2n) is 7.07. The fraction of sp³-hybridized carbons (Fsp3) is 0.444. The highest BCUT2D eigenvalue weighted by Gasteiger charge is 2.35. The van der Waals surface area contributed by atoms with Crippen LogP contribution in [0.25, 0.3) is 0 Å². The first-order valence-electron chi connectivity index (χ1n) is 7.88. The number of furan rings is 1. The molecule has 0 radical (unpaired) electrons. The molecule has 1 aliphatic carbocycles. The van der Waals surface area contributed by atoms with E-state index in [9.17, 15) is 9.59 Å². The van der Waals surface area contributed by atoms with Crippen LogP contribution in [-0.4, -0.2) is 10.5 Å². The summed E-state index contributed by atoms with van der Waals surface area (Å²) in [5.41, 5.74) is 0.959. The highest BCUT2D eigenvalue weighted by Crippen LogP contribution is 2.41. The molecule has 0 aromatic carbocycles. The summed E-state index contributed by atoms with van der Waals surface area (Å²) in [5, 5.41) is 3.06. The number of nitrogens with zero attached hydrogens (tertiary/aromatic N) is 1. The molecule has 122 valence electrons. The molecule has 0 bridgehead atoms. The summed E-state index contributed by atoms with van der Waals surface area (Å²) in [6.07, 6.45) is 3.36. The Hall–Kier alpha value is -2.30. The Kier molecular flexibility index (Phi) is 3.88. The average Bonchev–Trinajstić information content (AvgIpc) is 2.80. The third kappa shape index (κ3) is 3.38. The highest BCUT2D eigenvalue weighted by atomic mass is 16.3. The van der Waals surface area contributed by atoms with E-state index in [1.165, 1.54) is 10.6 Å². The number of carbonyl (C=O) groups excluding carboxylic acids is 1. The van der Waals surface area contributed by atoms with Crippen LogP contribution in [0.3, 0.4) is 0 Å². The zero-order valence-corrected chi connectivity index (χ0v) is 13.8. The van der Waals surface area contributed by atoms with E-state index in [-0.39, 0.29) is 29.5 Å². The number of hydrogen-bond donors (Lipinski definition) is 1. The van der Waals surface area contributed by atoms with E-state index in [4.69, 9.17) is 4.42 Å². The number of carbonyl (C=O) groups is 1. The summed E-state index contributed by atoms with van der Waals surface area (Å²) in [6.45, 7) is 6.31. The first-order chi connectivity index (χ1) is 10.8. The second kappa shape index (κ2) is 5.72. The molecule has 2 heterocycles. The van der Waals surface area contributed by atoms with Crippen LogP contribution < -0.4 is 10.9 Å². The standard InChI is InChI=1S/C18H22N2O3/c1-12-8-13-14(9-18(2,3)10-15(13)23-12)19-16(21)11-20-7-5-4-6-17(20)22/h4-8,14H,9-11H2,1-3H3,(H,19,21)/t14-/m1/s1. The van der Waals surface area contributed by atoms with Gasteiger partial charge in [0.25, 0.3) is 5.56 Å². The van der Waals surface area contributed by atoms with Crippen molar-refractivity contribution in [1.82, 2.24) is 9.88 Å². The number of aryl methyl sites for hydroxylation is 1. The van der Waals surface area contributed by atoms with Crippen molar-refractivity contribution in [1.29, 1.82) is 0 Å². The van der Waals surface area contributed by atoms with E-state index in [0.29, 0.717) is 0 Å². The molecule has 1 amide bonds. The van der Waals surface area contributed by atoms with Crippen molar-refractivity contribution in [2.75, 3.05) is 0 Å². The number of fused-ring (bicyclic) bond motifs is 1. The van der Waals surface area contributed by atoms with Gasteiger partial charge in [-0.2, -0.15) is 0 Å². The first-order valence-corrected chi connectivity index (χ1v) is 7.88. The maximum absolute atomic E-state index is 12.4. The number of pyridine rings is 1. The van der Waals surface area contributed by atoms with Crippen molar-refractivity contribution in [2.45, 2.75) is 46.2 Å². The molecule has 3 rings (SSSR count). The van der Waals surface area contributed by atoms with Gasteiger partial charge in [-0.3, -0.25) is 9.59 Å². The monoisotopic (exact) mass is 314 g/mol. The lowest BCUT2D eigenvalue weighted by Gasteiger charge is -2.34. The van der Waals surface area contributed by atoms with Crippen LogP contribution in [0.15, 0.2) is 39.7 Å². The van der Waals surface area contributed by atoms with Crippen LogP contribution in [0.1, 0.15) is 43.4 Å². The summed E-state index contributed by atoms with van der Waals surface area (Å²) in [4.78, 5) is 24.1. The topological polar surface area (TPSA) is 64.2 Å². The van der Waals surface area contributed by atoms with Gasteiger partial charge in [0.15, 0.2) is 0 Å². The molecule has 23 heavy (non-hydrogen) atoms. The minimum Gasteiger partial charge on any atom is -0.466 e. The van der Waals surface area contributed by atoms with E-state index in [1.54, 1.807) is 18.3 Å². The van der Waals surface area contributed by atoms with Gasteiger partial charge in [0.05, 0.1) is 6.04 Å². The van der Waals surface area contributed by atoms with Crippen molar-refractivity contribution < 1.29 is 9.21 Å². The quantitative estimate of drug-likeness (QED) is 0.947. The minimum absolute atomic E-state index is 0.0305. The molecule has 0 saturated carbocycles. The Labute approximate surface area is 135 Å². The van der Waals surface area contributed by atoms with Gasteiger partial charge < -0.3 is 14.3 Å². The van der Waals surface area contributed by atoms with E-state index < -0.39 is 0 Å². The molecule has 0 fully saturated rings. The molecule has 0 unspecified atom stereocenters. The maximum Gasteiger partial charge on any atom is 0.250 e. The molecule has 1 N–H and O–H groups in total. The van der Waals surface area contributed by atoms with Gasteiger partial charge in [0.1, 0.15) is 18.1 Å². The number of aromatic nitrogens is 1. The molecular formula is C18H22N2O3. The molecular weight excluding hydrogens is 292 g/mol. The number of nitrogens with one attached hydrogen (secondary N) is 1. The largest absolute Gasteiger partial charge is 0.466 e. The molecule has 5 nitrogen and oxygen atoms in total. The molecule has 5 heteroatoms. The van der Waals surface area contributed by atoms with Crippen molar-refractivity contribution in [3.05, 3.63) is 57.9 Å². The Bertz CT molecular complexity index is 786. The lowest BCUT2D eigenvalue weighted by molar-refractivity contribution is -0.122. The smallest absolute Gasteiger partial charge is 0.250 e. The predicted molar refractivity (Wildman–Crippen MR) is 87.1 cm³/mol. The van der Waals surface area contributed by atoms with Crippen LogP contribution in [0, 0.1) is 12.3 Å². The normalized spacial score (nSPS) is 19.2. The summed E-state index contributed by atoms with van der Waals surface area (Å²) < 4.78 is 7.19. The summed E-state index contributed by atoms with van der Waals surface area (Å²) in [6, 6.07) is 6.80. The lowest BCUT2D eigenvalue weighted by Crippen LogP contribution is -2.38. The van der Waals surface area contributed by atoms with Crippen LogP contribution in [0.4, 0.5) is 0 Å². The van der Waals surface area contributed by atoms with E-state index >= 15 is 0 Å². The third-order valence-corrected chi connectivity index (χ3v) is 4.28. The second-order valence-corrected chi connectivity index (χ2v) is 7.07. The molecule has 1 atom stereocenters. The van der Waals surface area contributed by atoms with Crippen molar-refractivity contribution in [2.24, 2.45) is 5.41 Å². The molecule has 0 aliphatic heterocycles. The Morgan fingerprint density at radius 3 is 2.96 bits per heavy atom. The van der Waals surface area contributed by atoms with Crippen molar-refractivity contribution >= 4 is 5.91 Å². The van der Waals surface area contributed by atoms with Gasteiger partial charge in [0.2, 0.25) is 5.91 Å². The zero-order valence-electron chi connectivity index (χ0n) is 13.8. The van der Waals surface area contributed by atoms with Gasteiger partial charge in [0, 0.05) is 24.2 Å². The van der Waals surface area contributed by atoms with E-state index in [0.717, 1.165) is 29.9 Å². The minimum atomic E-state index is -0.175. The van der Waals surface area contributed by atoms with Crippen LogP contribution in [0.5, 0.6) is 0 Å². The van der Waals surface area contributed by atoms with Crippen molar-refractivity contribution in [3.63, 3.8) is 0 Å². The molecule has 2 aromatic rings. The SMILES string of the molecule is Cc1cc2c(o1)CC(C)(C)C[C@H]2NC(=O)Cn1ccccc1=O. The Morgan fingerprint density at radius 1 is 1.43 bits per heavy atom. The van der Waals surface area contributed by atoms with Gasteiger partial charge in [-0.15, -0.1) is 0 Å². The number of rotatable bonds is 3. The van der Waals surface area contributed by atoms with Gasteiger partial charge in [-0.25, -0.2) is 0 Å². The predicted octanol–water partition coefficient (Wildman–Crippen LogP) is 2.58. The Morgan fingerprint density at radius 2 is 2.22 bits per heavy atom. The summed E-state index contributed by atoms with van der Waals surface area (Å²) >= 11 is 0. The van der Waals surface area contributed by atoms with E-state index in [1.807, 2.05) is 13.0 Å². The highest BCUT2D eigenvalue weighted by molar-refractivity contribution is 5.76. The molecule has 1 aliphatic rings. The zero-order chi connectivity index (χ0) is 16.6. The van der Waals surface area contributed by atoms with Crippen molar-refractivity contribution in [3.8, 4) is 0 Å². The fourth-order valence-electron chi connectivity index (χ4n) is 3.30. The van der Waals surface area contributed by atoms with Crippen LogP contribution >= 0.6 is 0 Å². The lowest BCUT2D eigenvalue weighted by atomic mass is 9.74. The summed E-state index contributed by atoms with van der Waals surface area (Å²) in [5.74, 6) is 1.66. The molecule has 0 spiro atoms. The van der Waals surface area contributed by atoms with E-state index in [2.05, 4.69) is 19.2 Å². The summed E-state index contributed by atoms with van der Waals surface area (Å²) in [7, 11) is 0. The molecule has 2 aromatic heterocycles. The fourth-order valence-corrected chi connectivity index (χ4v) is 3.30. The van der Waals surface area contributed by atoms with Gasteiger partial charge >= 0.3 is 0 Å². The third-order valence-electron chi connectivity index (χ3n) is 4.28. The average molecular weight is 314 g/mol. The maximum atomic E-state index is 12.4. The van der Waals surface area contributed by atoms with Crippen LogP contribution in [-0.2, 0) is 17.8 Å². The van der Waals surface area contributed by atoms with Gasteiger partial charge in [-0.1, -0.05) is 19.9 Å². The van der Waals surface area contributed by atoms with Gasteiger partial charge in [-0.05, 0) is 30.9 Å².